The first-order chi connectivity index (χ1) is 15.6. The molecule has 1 aliphatic rings. The molecule has 0 spiro atoms. The fraction of sp³-hybridized carbons (Fsp3) is 0.565. The molecule has 3 rings (SSSR count). The first-order valence-corrected chi connectivity index (χ1v) is 10.9. The summed E-state index contributed by atoms with van der Waals surface area (Å²) in [5, 5.41) is 0. The number of rotatable bonds is 4. The fourth-order valence-corrected chi connectivity index (χ4v) is 4.10. The molecule has 188 valence electrons. The molecule has 1 aromatic heterocycles. The smallest absolute Gasteiger partial charge is 0.444 e. The number of alkyl halides is 6. The van der Waals surface area contributed by atoms with E-state index in [1.165, 1.54) is 17.0 Å². The Hall–Kier alpha value is -2.72. The van der Waals surface area contributed by atoms with Gasteiger partial charge in [-0.15, -0.1) is 0 Å². The van der Waals surface area contributed by atoms with Gasteiger partial charge >= 0.3 is 18.4 Å². The Balaban J connectivity index is 1.97. The molecule has 11 heteroatoms. The zero-order chi connectivity index (χ0) is 25.5. The topological polar surface area (TPSA) is 47.4 Å². The second-order valence-electron chi connectivity index (χ2n) is 9.19. The largest absolute Gasteiger partial charge is 0.449 e. The van der Waals surface area contributed by atoms with Crippen LogP contribution in [-0.2, 0) is 36.5 Å². The summed E-state index contributed by atoms with van der Waals surface area (Å²) in [4.78, 5) is 18.2. The van der Waals surface area contributed by atoms with Crippen molar-refractivity contribution in [1.82, 2.24) is 14.5 Å². The number of benzene rings is 1. The van der Waals surface area contributed by atoms with Crippen LogP contribution >= 0.6 is 0 Å². The van der Waals surface area contributed by atoms with Crippen molar-refractivity contribution in [3.05, 3.63) is 52.6 Å². The van der Waals surface area contributed by atoms with Crippen LogP contribution in [0, 0.1) is 0 Å². The number of hydrogen-bond donors (Lipinski definition) is 0. The number of carbonyl (C=O) groups excluding carboxylic acids is 1. The van der Waals surface area contributed by atoms with Crippen LogP contribution in [0.2, 0.25) is 0 Å². The Morgan fingerprint density at radius 1 is 1.03 bits per heavy atom. The van der Waals surface area contributed by atoms with Crippen molar-refractivity contribution < 1.29 is 35.9 Å². The van der Waals surface area contributed by atoms with Gasteiger partial charge in [0.15, 0.2) is 0 Å². The molecule has 2 aromatic rings. The summed E-state index contributed by atoms with van der Waals surface area (Å²) in [6, 6.07) is 3.83. The van der Waals surface area contributed by atoms with E-state index in [9.17, 15) is 31.1 Å². The van der Waals surface area contributed by atoms with Crippen LogP contribution in [0.5, 0.6) is 0 Å². The van der Waals surface area contributed by atoms with Crippen molar-refractivity contribution in [2.45, 2.75) is 77.5 Å². The monoisotopic (exact) mass is 491 g/mol. The minimum Gasteiger partial charge on any atom is -0.444 e. The third-order valence-corrected chi connectivity index (χ3v) is 5.54. The number of aromatic nitrogens is 2. The second kappa shape index (κ2) is 9.14. The molecule has 1 aliphatic heterocycles. The summed E-state index contributed by atoms with van der Waals surface area (Å²) < 4.78 is 86.1. The molecule has 1 atom stereocenters. The van der Waals surface area contributed by atoms with Gasteiger partial charge in [-0.2, -0.15) is 26.3 Å². The number of ether oxygens (including phenoxy) is 1. The highest BCUT2D eigenvalue weighted by Crippen LogP contribution is 2.39. The van der Waals surface area contributed by atoms with Crippen molar-refractivity contribution in [3.63, 3.8) is 0 Å². The molecule has 1 amide bonds. The second-order valence-corrected chi connectivity index (χ2v) is 9.19. The lowest BCUT2D eigenvalue weighted by Gasteiger charge is -2.38. The van der Waals surface area contributed by atoms with Gasteiger partial charge in [0.05, 0.1) is 23.0 Å². The van der Waals surface area contributed by atoms with Crippen LogP contribution in [0.15, 0.2) is 24.3 Å². The first kappa shape index (κ1) is 25.9. The number of halogens is 6. The molecule has 34 heavy (non-hydrogen) atoms. The van der Waals surface area contributed by atoms with Crippen LogP contribution in [0.1, 0.15) is 68.5 Å². The van der Waals surface area contributed by atoms with Crippen molar-refractivity contribution in [1.29, 1.82) is 0 Å². The highest BCUT2D eigenvalue weighted by atomic mass is 19.4. The van der Waals surface area contributed by atoms with E-state index in [0.717, 1.165) is 16.7 Å². The third-order valence-electron chi connectivity index (χ3n) is 5.54. The number of nitrogens with zero attached hydrogens (tertiary/aromatic N) is 3. The quantitative estimate of drug-likeness (QED) is 0.465. The molecule has 0 aliphatic carbocycles. The minimum absolute atomic E-state index is 0.0117. The Kier molecular flexibility index (Phi) is 6.96. The number of amides is 1. The molecule has 1 aromatic carbocycles. The highest BCUT2D eigenvalue weighted by molar-refractivity contribution is 5.69. The molecular weight excluding hydrogens is 464 g/mol. The van der Waals surface area contributed by atoms with E-state index in [1.807, 2.05) is 0 Å². The van der Waals surface area contributed by atoms with Gasteiger partial charge in [0.2, 0.25) is 5.82 Å². The van der Waals surface area contributed by atoms with Crippen LogP contribution in [-0.4, -0.2) is 32.7 Å². The van der Waals surface area contributed by atoms with E-state index in [0.29, 0.717) is 11.3 Å². The standard InChI is InChI=1S/C23H27F6N3O2/c1-5-16-18-17(11-8-14-6-9-15(10-7-14)22(24,25)26)31(20(33)34-21(2,3)4)12-13-32(18)19(30-16)23(27,28)29/h6-7,9-10,17H,5,8,11-13H2,1-4H3. The van der Waals surface area contributed by atoms with Gasteiger partial charge in [0, 0.05) is 13.1 Å². The average molecular weight is 491 g/mol. The number of carbonyl (C=O) groups is 1. The van der Waals surface area contributed by atoms with Crippen LogP contribution < -0.4 is 0 Å². The third kappa shape index (κ3) is 5.67. The van der Waals surface area contributed by atoms with Crippen LogP contribution in [0.3, 0.4) is 0 Å². The lowest BCUT2D eigenvalue weighted by Crippen LogP contribution is -2.45. The minimum atomic E-state index is -4.66. The van der Waals surface area contributed by atoms with Crippen molar-refractivity contribution in [2.75, 3.05) is 6.54 Å². The Morgan fingerprint density at radius 2 is 1.65 bits per heavy atom. The summed E-state index contributed by atoms with van der Waals surface area (Å²) in [6.45, 7) is 6.65. The first-order valence-electron chi connectivity index (χ1n) is 10.9. The Labute approximate surface area is 193 Å². The van der Waals surface area contributed by atoms with Crippen molar-refractivity contribution >= 4 is 6.09 Å². The maximum absolute atomic E-state index is 13.6. The molecular formula is C23H27F6N3O2. The van der Waals surface area contributed by atoms with Crippen molar-refractivity contribution in [2.24, 2.45) is 0 Å². The molecule has 5 nitrogen and oxygen atoms in total. The average Bonchev–Trinajstić information content (AvgIpc) is 3.10. The lowest BCUT2D eigenvalue weighted by atomic mass is 9.97. The summed E-state index contributed by atoms with van der Waals surface area (Å²) in [7, 11) is 0. The van der Waals surface area contributed by atoms with Gasteiger partial charge in [-0.1, -0.05) is 19.1 Å². The fourth-order valence-electron chi connectivity index (χ4n) is 4.10. The zero-order valence-electron chi connectivity index (χ0n) is 19.3. The maximum atomic E-state index is 13.6. The van der Waals surface area contributed by atoms with Gasteiger partial charge in [-0.05, 0) is 57.7 Å². The molecule has 0 fully saturated rings. The van der Waals surface area contributed by atoms with E-state index in [4.69, 9.17) is 4.74 Å². The predicted molar refractivity (Wildman–Crippen MR) is 112 cm³/mol. The molecule has 0 N–H and O–H groups in total. The predicted octanol–water partition coefficient (Wildman–Crippen LogP) is 6.41. The van der Waals surface area contributed by atoms with E-state index in [-0.39, 0.29) is 38.0 Å². The van der Waals surface area contributed by atoms with Gasteiger partial charge in [0.25, 0.3) is 0 Å². The summed E-state index contributed by atoms with van der Waals surface area (Å²) in [5.41, 5.74) is -0.498. The lowest BCUT2D eigenvalue weighted by molar-refractivity contribution is -0.148. The van der Waals surface area contributed by atoms with Crippen LogP contribution in [0.4, 0.5) is 31.1 Å². The van der Waals surface area contributed by atoms with Gasteiger partial charge in [-0.3, -0.25) is 4.90 Å². The highest BCUT2D eigenvalue weighted by Gasteiger charge is 2.44. The molecule has 0 saturated heterocycles. The molecule has 1 unspecified atom stereocenters. The Morgan fingerprint density at radius 3 is 2.15 bits per heavy atom. The number of imidazole rings is 1. The summed E-state index contributed by atoms with van der Waals surface area (Å²) in [5.74, 6) is -1.01. The summed E-state index contributed by atoms with van der Waals surface area (Å²) in [6.07, 6.45) is -9.11. The SMILES string of the molecule is CCc1nc(C(F)(F)F)n2c1C(CCc1ccc(C(F)(F)F)cc1)N(C(=O)OC(C)(C)C)CC2. The number of aryl methyl sites for hydroxylation is 2. The van der Waals surface area contributed by atoms with E-state index >= 15 is 0 Å². The molecule has 0 bridgehead atoms. The van der Waals surface area contributed by atoms with Gasteiger partial charge in [0.1, 0.15) is 5.60 Å². The zero-order valence-corrected chi connectivity index (χ0v) is 19.3. The molecule has 0 radical (unpaired) electrons. The number of hydrogen-bond acceptors (Lipinski definition) is 3. The van der Waals surface area contributed by atoms with E-state index < -0.39 is 41.5 Å². The van der Waals surface area contributed by atoms with E-state index in [1.54, 1.807) is 27.7 Å². The van der Waals surface area contributed by atoms with Crippen molar-refractivity contribution in [3.8, 4) is 0 Å². The normalized spacial score (nSPS) is 17.0. The maximum Gasteiger partial charge on any atom is 0.449 e. The van der Waals surface area contributed by atoms with Gasteiger partial charge < -0.3 is 9.30 Å². The number of fused-ring (bicyclic) bond motifs is 1. The van der Waals surface area contributed by atoms with Crippen LogP contribution in [0.25, 0.3) is 0 Å². The van der Waals surface area contributed by atoms with E-state index in [2.05, 4.69) is 4.98 Å². The Bertz CT molecular complexity index is 1020. The molecule has 2 heterocycles. The van der Waals surface area contributed by atoms with Gasteiger partial charge in [-0.25, -0.2) is 9.78 Å². The summed E-state index contributed by atoms with van der Waals surface area (Å²) >= 11 is 0. The molecule has 0 saturated carbocycles.